The van der Waals surface area contributed by atoms with Gasteiger partial charge in [0.2, 0.25) is 0 Å². The Kier molecular flexibility index (Phi) is 5.74. The van der Waals surface area contributed by atoms with E-state index in [1.165, 1.54) is 0 Å². The number of halogens is 1. The molecule has 2 N–H and O–H groups in total. The van der Waals surface area contributed by atoms with Gasteiger partial charge in [0.1, 0.15) is 5.82 Å². The van der Waals surface area contributed by atoms with Gasteiger partial charge in [0, 0.05) is 33.3 Å². The number of pyridine rings is 1. The minimum absolute atomic E-state index is 0.146. The molecule has 0 unspecified atom stereocenters. The van der Waals surface area contributed by atoms with E-state index in [0.717, 1.165) is 10.2 Å². The molecule has 0 aliphatic carbocycles. The molecule has 18 heavy (non-hydrogen) atoms. The van der Waals surface area contributed by atoms with Crippen LogP contribution in [0.15, 0.2) is 16.6 Å². The number of urea groups is 1. The van der Waals surface area contributed by atoms with Crippen molar-refractivity contribution in [2.24, 2.45) is 0 Å². The summed E-state index contributed by atoms with van der Waals surface area (Å²) in [7, 11) is -0.930. The number of carbonyl (C=O) groups is 1. The zero-order chi connectivity index (χ0) is 13.7. The Morgan fingerprint density at radius 1 is 1.56 bits per heavy atom. The molecule has 100 valence electrons. The highest BCUT2D eigenvalue weighted by atomic mass is 79.9. The first-order valence-electron chi connectivity index (χ1n) is 5.39. The molecule has 1 aromatic rings. The second-order valence-electron chi connectivity index (χ2n) is 4.00. The first kappa shape index (κ1) is 15.1. The molecule has 1 aromatic heterocycles. The van der Waals surface area contributed by atoms with Crippen LogP contribution in [0.2, 0.25) is 0 Å². The van der Waals surface area contributed by atoms with Crippen molar-refractivity contribution in [3.05, 3.63) is 22.3 Å². The topological polar surface area (TPSA) is 71.1 Å². The van der Waals surface area contributed by atoms with Crippen LogP contribution in [0.4, 0.5) is 10.6 Å². The van der Waals surface area contributed by atoms with Crippen molar-refractivity contribution in [2.45, 2.75) is 19.9 Å². The third kappa shape index (κ3) is 5.14. The zero-order valence-electron chi connectivity index (χ0n) is 10.5. The number of nitrogens with one attached hydrogen (secondary N) is 2. The molecular weight excluding hydrogens is 318 g/mol. The third-order valence-electron chi connectivity index (χ3n) is 2.13. The number of hydrogen-bond donors (Lipinski definition) is 2. The Labute approximate surface area is 117 Å². The van der Waals surface area contributed by atoms with Crippen LogP contribution in [-0.2, 0) is 10.8 Å². The van der Waals surface area contributed by atoms with Crippen molar-refractivity contribution in [3.8, 4) is 0 Å². The summed E-state index contributed by atoms with van der Waals surface area (Å²) in [4.78, 5) is 15.8. The maximum absolute atomic E-state index is 11.6. The molecule has 5 nitrogen and oxygen atoms in total. The molecule has 2 atom stereocenters. The maximum Gasteiger partial charge on any atom is 0.320 e. The highest BCUT2D eigenvalue weighted by Crippen LogP contribution is 2.15. The smallest absolute Gasteiger partial charge is 0.320 e. The van der Waals surface area contributed by atoms with Gasteiger partial charge in [0.25, 0.3) is 0 Å². The van der Waals surface area contributed by atoms with E-state index in [2.05, 4.69) is 31.5 Å². The molecule has 2 amide bonds. The van der Waals surface area contributed by atoms with Gasteiger partial charge in [-0.1, -0.05) is 0 Å². The van der Waals surface area contributed by atoms with E-state index in [0.29, 0.717) is 11.6 Å². The summed E-state index contributed by atoms with van der Waals surface area (Å²) in [6, 6.07) is 3.04. The number of aryl methyl sites for hydroxylation is 1. The number of hydrogen-bond acceptors (Lipinski definition) is 3. The molecule has 0 spiro atoms. The van der Waals surface area contributed by atoms with E-state index in [1.807, 2.05) is 13.0 Å². The lowest BCUT2D eigenvalue weighted by molar-refractivity contribution is 0.250. The van der Waals surface area contributed by atoms with Crippen LogP contribution in [-0.4, -0.2) is 33.3 Å². The lowest BCUT2D eigenvalue weighted by Crippen LogP contribution is -2.39. The summed E-state index contributed by atoms with van der Waals surface area (Å²) in [5.74, 6) is 0.915. The van der Waals surface area contributed by atoms with Crippen LogP contribution in [0.3, 0.4) is 0 Å². The standard InChI is InChI=1S/C11H16BrN3O2S/c1-7(6-18(3)17)13-11(16)15-10-5-4-9(12)8(2)14-10/h4-5,7H,6H2,1-3H3,(H2,13,14,15,16)/t7-,18+/m1/s1. The lowest BCUT2D eigenvalue weighted by Gasteiger charge is -2.13. The zero-order valence-corrected chi connectivity index (χ0v) is 12.9. The van der Waals surface area contributed by atoms with Gasteiger partial charge < -0.3 is 5.32 Å². The van der Waals surface area contributed by atoms with Gasteiger partial charge in [0.15, 0.2) is 0 Å². The Hall–Kier alpha value is -0.950. The van der Waals surface area contributed by atoms with Gasteiger partial charge in [-0.25, -0.2) is 9.78 Å². The van der Waals surface area contributed by atoms with Gasteiger partial charge in [0.05, 0.1) is 5.69 Å². The summed E-state index contributed by atoms with van der Waals surface area (Å²) >= 11 is 3.34. The van der Waals surface area contributed by atoms with Gasteiger partial charge in [-0.05, 0) is 41.9 Å². The molecule has 7 heteroatoms. The molecule has 0 aromatic carbocycles. The fourth-order valence-corrected chi connectivity index (χ4v) is 2.39. The maximum atomic E-state index is 11.6. The summed E-state index contributed by atoms with van der Waals surface area (Å²) in [6.07, 6.45) is 1.61. The minimum atomic E-state index is -0.930. The first-order chi connectivity index (χ1) is 8.38. The molecule has 0 bridgehead atoms. The van der Waals surface area contributed by atoms with Crippen molar-refractivity contribution < 1.29 is 9.00 Å². The van der Waals surface area contributed by atoms with Crippen LogP contribution in [0.1, 0.15) is 12.6 Å². The fourth-order valence-electron chi connectivity index (χ4n) is 1.38. The molecular formula is C11H16BrN3O2S. The van der Waals surface area contributed by atoms with E-state index in [9.17, 15) is 9.00 Å². The summed E-state index contributed by atoms with van der Waals surface area (Å²) in [5.41, 5.74) is 0.801. The van der Waals surface area contributed by atoms with Crippen molar-refractivity contribution >= 4 is 38.6 Å². The van der Waals surface area contributed by atoms with Gasteiger partial charge in [-0.3, -0.25) is 9.53 Å². The second kappa shape index (κ2) is 6.84. The van der Waals surface area contributed by atoms with E-state index in [-0.39, 0.29) is 12.1 Å². The van der Waals surface area contributed by atoms with Crippen molar-refractivity contribution in [3.63, 3.8) is 0 Å². The summed E-state index contributed by atoms with van der Waals surface area (Å²) < 4.78 is 11.9. The molecule has 1 heterocycles. The Morgan fingerprint density at radius 2 is 2.22 bits per heavy atom. The largest absolute Gasteiger partial charge is 0.334 e. The van der Waals surface area contributed by atoms with Crippen molar-refractivity contribution in [1.29, 1.82) is 0 Å². The van der Waals surface area contributed by atoms with Crippen LogP contribution in [0.25, 0.3) is 0 Å². The molecule has 0 fully saturated rings. The average molecular weight is 334 g/mol. The average Bonchev–Trinajstić information content (AvgIpc) is 2.21. The predicted octanol–water partition coefficient (Wildman–Crippen LogP) is 2.04. The number of amides is 2. The molecule has 1 rings (SSSR count). The Morgan fingerprint density at radius 3 is 2.78 bits per heavy atom. The lowest BCUT2D eigenvalue weighted by atomic mass is 10.3. The predicted molar refractivity (Wildman–Crippen MR) is 77.2 cm³/mol. The SMILES string of the molecule is Cc1nc(NC(=O)N[C@H](C)C[S@](C)=O)ccc1Br. The molecule has 0 aliphatic rings. The van der Waals surface area contributed by atoms with Gasteiger partial charge in [-0.15, -0.1) is 0 Å². The van der Waals surface area contributed by atoms with Crippen LogP contribution >= 0.6 is 15.9 Å². The van der Waals surface area contributed by atoms with E-state index < -0.39 is 10.8 Å². The summed E-state index contributed by atoms with van der Waals surface area (Å²) in [5, 5.41) is 5.33. The van der Waals surface area contributed by atoms with Crippen LogP contribution in [0, 0.1) is 6.92 Å². The normalized spacial score (nSPS) is 13.8. The highest BCUT2D eigenvalue weighted by molar-refractivity contribution is 9.10. The van der Waals surface area contributed by atoms with Gasteiger partial charge >= 0.3 is 6.03 Å². The number of anilines is 1. The molecule has 0 saturated carbocycles. The van der Waals surface area contributed by atoms with E-state index in [4.69, 9.17) is 0 Å². The molecule has 0 aliphatic heterocycles. The number of nitrogens with zero attached hydrogens (tertiary/aromatic N) is 1. The third-order valence-corrected chi connectivity index (χ3v) is 3.93. The Bertz CT molecular complexity index is 468. The quantitative estimate of drug-likeness (QED) is 0.885. The number of rotatable bonds is 4. The van der Waals surface area contributed by atoms with Crippen LogP contribution in [0.5, 0.6) is 0 Å². The van der Waals surface area contributed by atoms with Crippen molar-refractivity contribution in [2.75, 3.05) is 17.3 Å². The first-order valence-corrected chi connectivity index (χ1v) is 7.91. The monoisotopic (exact) mass is 333 g/mol. The number of aromatic nitrogens is 1. The van der Waals surface area contributed by atoms with Crippen LogP contribution < -0.4 is 10.6 Å². The van der Waals surface area contributed by atoms with E-state index in [1.54, 1.807) is 19.2 Å². The van der Waals surface area contributed by atoms with E-state index >= 15 is 0 Å². The minimum Gasteiger partial charge on any atom is -0.334 e. The molecule has 0 radical (unpaired) electrons. The van der Waals surface area contributed by atoms with Gasteiger partial charge in [-0.2, -0.15) is 0 Å². The summed E-state index contributed by atoms with van der Waals surface area (Å²) in [6.45, 7) is 3.65. The second-order valence-corrected chi connectivity index (χ2v) is 6.34. The van der Waals surface area contributed by atoms with Crippen molar-refractivity contribution in [1.82, 2.24) is 10.3 Å². The fraction of sp³-hybridized carbons (Fsp3) is 0.455. The Balaban J connectivity index is 2.54. The number of carbonyl (C=O) groups excluding carboxylic acids is 1. The highest BCUT2D eigenvalue weighted by Gasteiger charge is 2.09. The molecule has 0 saturated heterocycles.